The molecule has 6 nitrogen and oxygen atoms in total. The maximum atomic E-state index is 10.7. The normalized spacial score (nSPS) is 10.3. The predicted molar refractivity (Wildman–Crippen MR) is 69.8 cm³/mol. The van der Waals surface area contributed by atoms with Gasteiger partial charge in [-0.15, -0.1) is 0 Å². The lowest BCUT2D eigenvalue weighted by atomic mass is 10.2. The van der Waals surface area contributed by atoms with Gasteiger partial charge in [-0.25, -0.2) is 0 Å². The average molecular weight is 246 g/mol. The Morgan fingerprint density at radius 3 is 2.94 bits per heavy atom. The zero-order valence-corrected chi connectivity index (χ0v) is 9.96. The van der Waals surface area contributed by atoms with Crippen LogP contribution in [-0.4, -0.2) is 30.6 Å². The molecule has 0 aliphatic carbocycles. The molecule has 0 spiro atoms. The summed E-state index contributed by atoms with van der Waals surface area (Å²) in [5.41, 5.74) is 9.69. The SMILES string of the molecule is CN(C=O)c1ccc2c(ccn2NCC(N)=O)c1. The van der Waals surface area contributed by atoms with Crippen LogP contribution in [0.15, 0.2) is 30.5 Å². The van der Waals surface area contributed by atoms with Crippen LogP contribution < -0.4 is 16.1 Å². The van der Waals surface area contributed by atoms with Crippen molar-refractivity contribution < 1.29 is 9.59 Å². The molecule has 94 valence electrons. The Labute approximate surface area is 104 Å². The second-order valence-electron chi connectivity index (χ2n) is 3.95. The summed E-state index contributed by atoms with van der Waals surface area (Å²) < 4.78 is 1.73. The van der Waals surface area contributed by atoms with E-state index in [0.717, 1.165) is 23.0 Å². The van der Waals surface area contributed by atoms with Crippen LogP contribution in [0.3, 0.4) is 0 Å². The first-order valence-electron chi connectivity index (χ1n) is 5.43. The number of benzene rings is 1. The van der Waals surface area contributed by atoms with E-state index in [-0.39, 0.29) is 6.54 Å². The summed E-state index contributed by atoms with van der Waals surface area (Å²) in [6.45, 7) is 0.0692. The quantitative estimate of drug-likeness (QED) is 0.743. The molecule has 6 heteroatoms. The summed E-state index contributed by atoms with van der Waals surface area (Å²) in [5, 5.41) is 0.971. The molecule has 0 aliphatic rings. The smallest absolute Gasteiger partial charge is 0.238 e. The molecule has 0 bridgehead atoms. The summed E-state index contributed by atoms with van der Waals surface area (Å²) in [7, 11) is 1.69. The van der Waals surface area contributed by atoms with Crippen LogP contribution in [0.1, 0.15) is 0 Å². The van der Waals surface area contributed by atoms with Gasteiger partial charge in [-0.1, -0.05) is 0 Å². The van der Waals surface area contributed by atoms with Crippen LogP contribution in [-0.2, 0) is 9.59 Å². The summed E-state index contributed by atoms with van der Waals surface area (Å²) in [5.74, 6) is -0.422. The van der Waals surface area contributed by atoms with Gasteiger partial charge in [-0.3, -0.25) is 14.3 Å². The summed E-state index contributed by atoms with van der Waals surface area (Å²) >= 11 is 0. The second-order valence-corrected chi connectivity index (χ2v) is 3.95. The van der Waals surface area contributed by atoms with Crippen LogP contribution in [0.4, 0.5) is 5.69 Å². The van der Waals surface area contributed by atoms with Crippen molar-refractivity contribution in [3.8, 4) is 0 Å². The molecule has 0 fully saturated rings. The number of nitrogens with zero attached hydrogens (tertiary/aromatic N) is 2. The molecule has 1 aromatic carbocycles. The van der Waals surface area contributed by atoms with E-state index in [0.29, 0.717) is 0 Å². The molecule has 0 radical (unpaired) electrons. The number of nitrogens with two attached hydrogens (primary N) is 1. The Morgan fingerprint density at radius 1 is 1.50 bits per heavy atom. The number of nitrogens with one attached hydrogen (secondary N) is 1. The van der Waals surface area contributed by atoms with Gasteiger partial charge < -0.3 is 16.1 Å². The number of primary amides is 1. The fourth-order valence-corrected chi connectivity index (χ4v) is 1.71. The minimum absolute atomic E-state index is 0.0692. The molecule has 2 aromatic rings. The first-order chi connectivity index (χ1) is 8.61. The van der Waals surface area contributed by atoms with Crippen LogP contribution >= 0.6 is 0 Å². The first-order valence-corrected chi connectivity index (χ1v) is 5.43. The van der Waals surface area contributed by atoms with Crippen molar-refractivity contribution in [2.24, 2.45) is 5.73 Å². The van der Waals surface area contributed by atoms with Crippen LogP contribution in [0.5, 0.6) is 0 Å². The fourth-order valence-electron chi connectivity index (χ4n) is 1.71. The number of fused-ring (bicyclic) bond motifs is 1. The van der Waals surface area contributed by atoms with Crippen molar-refractivity contribution in [1.29, 1.82) is 0 Å². The fraction of sp³-hybridized carbons (Fsp3) is 0.167. The molecule has 0 aliphatic heterocycles. The molecule has 2 amide bonds. The van der Waals surface area contributed by atoms with Gasteiger partial charge in [0, 0.05) is 24.3 Å². The molecule has 0 unspecified atom stereocenters. The van der Waals surface area contributed by atoms with Crippen LogP contribution in [0.2, 0.25) is 0 Å². The maximum Gasteiger partial charge on any atom is 0.238 e. The van der Waals surface area contributed by atoms with Gasteiger partial charge >= 0.3 is 0 Å². The van der Waals surface area contributed by atoms with E-state index in [1.165, 1.54) is 4.90 Å². The molecule has 1 aromatic heterocycles. The lowest BCUT2D eigenvalue weighted by Gasteiger charge is -2.11. The number of anilines is 1. The number of carbonyl (C=O) groups excluding carboxylic acids is 2. The standard InChI is InChI=1S/C12H14N4O2/c1-15(8-17)10-2-3-11-9(6-10)4-5-16(11)14-7-12(13)18/h2-6,8,14H,7H2,1H3,(H2,13,18). The number of rotatable bonds is 5. The third-order valence-electron chi connectivity index (χ3n) is 2.66. The largest absolute Gasteiger partial charge is 0.368 e. The van der Waals surface area contributed by atoms with Crippen molar-refractivity contribution in [1.82, 2.24) is 4.68 Å². The van der Waals surface area contributed by atoms with Gasteiger partial charge in [0.25, 0.3) is 0 Å². The number of hydrogen-bond donors (Lipinski definition) is 2. The van der Waals surface area contributed by atoms with Crippen LogP contribution in [0.25, 0.3) is 10.9 Å². The van der Waals surface area contributed by atoms with E-state index >= 15 is 0 Å². The Bertz CT molecular complexity index is 591. The van der Waals surface area contributed by atoms with E-state index < -0.39 is 5.91 Å². The van der Waals surface area contributed by atoms with Crippen molar-refractivity contribution in [2.45, 2.75) is 0 Å². The van der Waals surface area contributed by atoms with Crippen molar-refractivity contribution in [2.75, 3.05) is 23.9 Å². The molecule has 3 N–H and O–H groups in total. The highest BCUT2D eigenvalue weighted by atomic mass is 16.1. The average Bonchev–Trinajstić information content (AvgIpc) is 2.77. The molecule has 0 saturated heterocycles. The van der Waals surface area contributed by atoms with Crippen molar-refractivity contribution in [3.63, 3.8) is 0 Å². The van der Waals surface area contributed by atoms with Crippen molar-refractivity contribution in [3.05, 3.63) is 30.5 Å². The van der Waals surface area contributed by atoms with E-state index in [1.54, 1.807) is 17.9 Å². The highest BCUT2D eigenvalue weighted by molar-refractivity contribution is 5.87. The minimum Gasteiger partial charge on any atom is -0.368 e. The summed E-state index contributed by atoms with van der Waals surface area (Å²) in [4.78, 5) is 22.9. The van der Waals surface area contributed by atoms with Gasteiger partial charge in [-0.05, 0) is 24.3 Å². The Kier molecular flexibility index (Phi) is 3.18. The molecule has 1 heterocycles. The van der Waals surface area contributed by atoms with Gasteiger partial charge in [0.2, 0.25) is 12.3 Å². The third-order valence-corrected chi connectivity index (χ3v) is 2.66. The van der Waals surface area contributed by atoms with E-state index in [1.807, 2.05) is 24.3 Å². The lowest BCUT2D eigenvalue weighted by Crippen LogP contribution is -2.27. The lowest BCUT2D eigenvalue weighted by molar-refractivity contribution is -0.116. The Hall–Kier alpha value is -2.50. The molecule has 0 saturated carbocycles. The molecular weight excluding hydrogens is 232 g/mol. The molecule has 0 atom stereocenters. The van der Waals surface area contributed by atoms with Gasteiger partial charge in [-0.2, -0.15) is 0 Å². The van der Waals surface area contributed by atoms with E-state index in [4.69, 9.17) is 5.73 Å². The maximum absolute atomic E-state index is 10.7. The van der Waals surface area contributed by atoms with E-state index in [9.17, 15) is 9.59 Å². The first kappa shape index (κ1) is 12.0. The molecule has 18 heavy (non-hydrogen) atoms. The van der Waals surface area contributed by atoms with E-state index in [2.05, 4.69) is 5.43 Å². The summed E-state index contributed by atoms with van der Waals surface area (Å²) in [6.07, 6.45) is 2.56. The molecule has 2 rings (SSSR count). The minimum atomic E-state index is -0.422. The monoisotopic (exact) mass is 246 g/mol. The van der Waals surface area contributed by atoms with Crippen LogP contribution in [0, 0.1) is 0 Å². The highest BCUT2D eigenvalue weighted by Gasteiger charge is 2.04. The van der Waals surface area contributed by atoms with Gasteiger partial charge in [0.1, 0.15) is 6.54 Å². The zero-order valence-electron chi connectivity index (χ0n) is 9.96. The predicted octanol–water partition coefficient (Wildman–Crippen LogP) is 0.263. The zero-order chi connectivity index (χ0) is 13.1. The number of aromatic nitrogens is 1. The van der Waals surface area contributed by atoms with Gasteiger partial charge in [0.05, 0.1) is 5.52 Å². The second kappa shape index (κ2) is 4.79. The highest BCUT2D eigenvalue weighted by Crippen LogP contribution is 2.21. The Morgan fingerprint density at radius 2 is 2.28 bits per heavy atom. The van der Waals surface area contributed by atoms with Gasteiger partial charge in [0.15, 0.2) is 0 Å². The Balaban J connectivity index is 2.31. The number of amides is 2. The third kappa shape index (κ3) is 2.27. The van der Waals surface area contributed by atoms with Crippen molar-refractivity contribution >= 4 is 28.9 Å². The topological polar surface area (TPSA) is 80.4 Å². The summed E-state index contributed by atoms with van der Waals surface area (Å²) in [6, 6.07) is 7.50. The number of hydrogen-bond acceptors (Lipinski definition) is 3. The molecular formula is C12H14N4O2. The number of carbonyl (C=O) groups is 2.